The zero-order valence-corrected chi connectivity index (χ0v) is 17.3. The van der Waals surface area contributed by atoms with E-state index in [1.807, 2.05) is 6.07 Å². The summed E-state index contributed by atoms with van der Waals surface area (Å²) in [5.74, 6) is -0.859. The Balaban J connectivity index is 0.00000392. The average molecular weight is 452 g/mol. The van der Waals surface area contributed by atoms with E-state index >= 15 is 0 Å². The first-order valence-corrected chi connectivity index (χ1v) is 8.87. The molecule has 0 aliphatic carbocycles. The summed E-state index contributed by atoms with van der Waals surface area (Å²) in [5, 5.41) is 18.2. The summed E-state index contributed by atoms with van der Waals surface area (Å²) >= 11 is 0. The molecule has 2 aromatic rings. The second-order valence-electron chi connectivity index (χ2n) is 6.44. The van der Waals surface area contributed by atoms with Crippen LogP contribution in [0.25, 0.3) is 0 Å². The molecule has 0 aliphatic rings. The number of esters is 1. The van der Waals surface area contributed by atoms with E-state index in [4.69, 9.17) is 20.7 Å². The first-order chi connectivity index (χ1) is 13.0. The minimum atomic E-state index is -0.802. The SMILES string of the molecule is Br.NC(CCO)(CCO)CCOC(=O)c1ccccc1C(=O)c1ccccc1. The molecule has 0 aromatic heterocycles. The number of ether oxygens (including phenoxy) is 1. The molecule has 6 nitrogen and oxygen atoms in total. The van der Waals surface area contributed by atoms with Gasteiger partial charge in [0.05, 0.1) is 12.2 Å². The van der Waals surface area contributed by atoms with Crippen LogP contribution in [0.4, 0.5) is 0 Å². The molecule has 2 rings (SSSR count). The van der Waals surface area contributed by atoms with Crippen LogP contribution < -0.4 is 5.73 Å². The van der Waals surface area contributed by atoms with Crippen LogP contribution in [0.2, 0.25) is 0 Å². The lowest BCUT2D eigenvalue weighted by Gasteiger charge is -2.27. The third kappa shape index (κ3) is 6.53. The van der Waals surface area contributed by atoms with Crippen LogP contribution >= 0.6 is 17.0 Å². The Morgan fingerprint density at radius 1 is 0.857 bits per heavy atom. The van der Waals surface area contributed by atoms with E-state index < -0.39 is 11.5 Å². The summed E-state index contributed by atoms with van der Waals surface area (Å²) < 4.78 is 5.31. The minimum Gasteiger partial charge on any atom is -0.462 e. The van der Waals surface area contributed by atoms with Gasteiger partial charge in [-0.1, -0.05) is 48.5 Å². The molecule has 0 saturated carbocycles. The Morgan fingerprint density at radius 2 is 1.39 bits per heavy atom. The average Bonchev–Trinajstić information content (AvgIpc) is 2.68. The van der Waals surface area contributed by atoms with E-state index in [2.05, 4.69) is 0 Å². The minimum absolute atomic E-state index is 0. The largest absolute Gasteiger partial charge is 0.462 e. The van der Waals surface area contributed by atoms with Gasteiger partial charge in [-0.25, -0.2) is 4.79 Å². The van der Waals surface area contributed by atoms with Crippen molar-refractivity contribution in [2.45, 2.75) is 24.8 Å². The highest BCUT2D eigenvalue weighted by atomic mass is 79.9. The van der Waals surface area contributed by atoms with Crippen molar-refractivity contribution < 1.29 is 24.5 Å². The van der Waals surface area contributed by atoms with Gasteiger partial charge in [0.15, 0.2) is 5.78 Å². The summed E-state index contributed by atoms with van der Waals surface area (Å²) in [6, 6.07) is 15.2. The number of ketones is 1. The van der Waals surface area contributed by atoms with Crippen LogP contribution in [-0.2, 0) is 4.74 Å². The van der Waals surface area contributed by atoms with Crippen molar-refractivity contribution in [1.29, 1.82) is 0 Å². The normalized spacial score (nSPS) is 10.8. The van der Waals surface area contributed by atoms with Crippen LogP contribution in [0.1, 0.15) is 45.5 Å². The molecule has 4 N–H and O–H groups in total. The predicted octanol–water partition coefficient (Wildman–Crippen LogP) is 2.50. The van der Waals surface area contributed by atoms with E-state index in [1.54, 1.807) is 48.5 Å². The monoisotopic (exact) mass is 451 g/mol. The fourth-order valence-corrected chi connectivity index (χ4v) is 2.85. The third-order valence-electron chi connectivity index (χ3n) is 4.48. The van der Waals surface area contributed by atoms with Crippen LogP contribution in [0, 0.1) is 0 Å². The van der Waals surface area contributed by atoms with E-state index in [0.717, 1.165) is 0 Å². The molecule has 0 fully saturated rings. The zero-order valence-electron chi connectivity index (χ0n) is 15.5. The Kier molecular flexibility index (Phi) is 10.0. The Labute approximate surface area is 175 Å². The highest BCUT2D eigenvalue weighted by Crippen LogP contribution is 2.19. The Bertz CT molecular complexity index is 760. The van der Waals surface area contributed by atoms with Crippen molar-refractivity contribution in [3.63, 3.8) is 0 Å². The predicted molar refractivity (Wildman–Crippen MR) is 112 cm³/mol. The van der Waals surface area contributed by atoms with Gasteiger partial charge < -0.3 is 20.7 Å². The van der Waals surface area contributed by atoms with Crippen LogP contribution in [-0.4, -0.2) is 47.3 Å². The molecule has 152 valence electrons. The molecule has 0 bridgehead atoms. The van der Waals surface area contributed by atoms with E-state index in [9.17, 15) is 9.59 Å². The van der Waals surface area contributed by atoms with Crippen LogP contribution in [0.3, 0.4) is 0 Å². The molecule has 2 aromatic carbocycles. The first-order valence-electron chi connectivity index (χ1n) is 8.87. The summed E-state index contributed by atoms with van der Waals surface area (Å²) in [6.07, 6.45) is 0.900. The van der Waals surface area contributed by atoms with Crippen LogP contribution in [0.5, 0.6) is 0 Å². The number of rotatable bonds is 10. The highest BCUT2D eigenvalue weighted by Gasteiger charge is 2.25. The van der Waals surface area contributed by atoms with Crippen molar-refractivity contribution >= 4 is 28.7 Å². The van der Waals surface area contributed by atoms with Gasteiger partial charge in [-0.2, -0.15) is 0 Å². The van der Waals surface area contributed by atoms with Crippen molar-refractivity contribution in [3.8, 4) is 0 Å². The number of carbonyl (C=O) groups excluding carboxylic acids is 2. The maximum absolute atomic E-state index is 12.7. The van der Waals surface area contributed by atoms with Crippen molar-refractivity contribution in [2.75, 3.05) is 19.8 Å². The number of aliphatic hydroxyl groups is 2. The molecule has 0 saturated heterocycles. The second-order valence-corrected chi connectivity index (χ2v) is 6.44. The summed E-state index contributed by atoms with van der Waals surface area (Å²) in [4.78, 5) is 25.2. The van der Waals surface area contributed by atoms with Gasteiger partial charge in [0.2, 0.25) is 0 Å². The van der Waals surface area contributed by atoms with Gasteiger partial charge in [0.25, 0.3) is 0 Å². The standard InChI is InChI=1S/C21H25NO5.BrH/c22-21(10-13-23,11-14-24)12-15-27-20(26)18-9-5-4-8-17(18)19(25)16-6-2-1-3-7-16;/h1-9,23-24H,10-15,22H2;1H. The molecule has 0 radical (unpaired) electrons. The van der Waals surface area contributed by atoms with Crippen molar-refractivity contribution in [2.24, 2.45) is 5.73 Å². The van der Waals surface area contributed by atoms with Gasteiger partial charge in [0.1, 0.15) is 0 Å². The number of hydrogen-bond donors (Lipinski definition) is 3. The quantitative estimate of drug-likeness (QED) is 0.378. The van der Waals surface area contributed by atoms with Gasteiger partial charge in [-0.3, -0.25) is 4.79 Å². The lowest BCUT2D eigenvalue weighted by atomic mass is 9.90. The number of benzene rings is 2. The maximum Gasteiger partial charge on any atom is 0.338 e. The zero-order chi connectivity index (χ0) is 19.7. The Morgan fingerprint density at radius 3 is 1.96 bits per heavy atom. The first kappa shape index (κ1) is 24.0. The number of halogens is 1. The number of aliphatic hydroxyl groups excluding tert-OH is 2. The Hall–Kier alpha value is -2.06. The molecule has 0 atom stereocenters. The topological polar surface area (TPSA) is 110 Å². The number of hydrogen-bond acceptors (Lipinski definition) is 6. The van der Waals surface area contributed by atoms with E-state index in [1.165, 1.54) is 0 Å². The maximum atomic E-state index is 12.7. The van der Waals surface area contributed by atoms with Gasteiger partial charge in [-0.15, -0.1) is 17.0 Å². The van der Waals surface area contributed by atoms with E-state index in [-0.39, 0.29) is 53.7 Å². The molecular weight excluding hydrogens is 426 g/mol. The molecular formula is C21H26BrNO5. The summed E-state index contributed by atoms with van der Waals surface area (Å²) in [5.41, 5.74) is 6.29. The summed E-state index contributed by atoms with van der Waals surface area (Å²) in [6.45, 7) is -0.194. The lowest BCUT2D eigenvalue weighted by molar-refractivity contribution is 0.0456. The van der Waals surface area contributed by atoms with Gasteiger partial charge in [-0.05, 0) is 25.3 Å². The fraction of sp³-hybridized carbons (Fsp3) is 0.333. The van der Waals surface area contributed by atoms with Crippen LogP contribution in [0.15, 0.2) is 54.6 Å². The third-order valence-corrected chi connectivity index (χ3v) is 4.48. The fourth-order valence-electron chi connectivity index (χ4n) is 2.85. The number of carbonyl (C=O) groups is 2. The van der Waals surface area contributed by atoms with Crippen molar-refractivity contribution in [1.82, 2.24) is 0 Å². The van der Waals surface area contributed by atoms with Gasteiger partial charge >= 0.3 is 5.97 Å². The molecule has 0 unspecified atom stereocenters. The molecule has 0 aliphatic heterocycles. The smallest absolute Gasteiger partial charge is 0.338 e. The molecule has 0 heterocycles. The highest BCUT2D eigenvalue weighted by molar-refractivity contribution is 8.93. The van der Waals surface area contributed by atoms with Crippen molar-refractivity contribution in [3.05, 3.63) is 71.3 Å². The molecule has 0 spiro atoms. The summed E-state index contributed by atoms with van der Waals surface area (Å²) in [7, 11) is 0. The molecule has 0 amide bonds. The molecule has 7 heteroatoms. The van der Waals surface area contributed by atoms with E-state index in [0.29, 0.717) is 24.8 Å². The number of nitrogens with two attached hydrogens (primary N) is 1. The second kappa shape index (κ2) is 11.7. The van der Waals surface area contributed by atoms with Gasteiger partial charge in [0, 0.05) is 29.9 Å². The lowest BCUT2D eigenvalue weighted by Crippen LogP contribution is -2.43. The molecule has 28 heavy (non-hydrogen) atoms.